The summed E-state index contributed by atoms with van der Waals surface area (Å²) in [6.45, 7) is 2.95. The Labute approximate surface area is 193 Å². The molecule has 0 saturated carbocycles. The van der Waals surface area contributed by atoms with Crippen molar-refractivity contribution < 1.29 is 9.47 Å². The minimum absolute atomic E-state index is 0.360. The van der Waals surface area contributed by atoms with Gasteiger partial charge >= 0.3 is 0 Å². The number of rotatable bonds is 2. The summed E-state index contributed by atoms with van der Waals surface area (Å²) in [5, 5.41) is 5.56. The van der Waals surface area contributed by atoms with Crippen molar-refractivity contribution in [1.29, 1.82) is 0 Å². The fraction of sp³-hybridized carbons (Fsp3) is 0.192. The molecule has 0 aliphatic carbocycles. The second kappa shape index (κ2) is 9.32. The van der Waals surface area contributed by atoms with Gasteiger partial charge in [0.15, 0.2) is 16.6 Å². The van der Waals surface area contributed by atoms with Crippen LogP contribution in [0.1, 0.15) is 16.8 Å². The zero-order valence-electron chi connectivity index (χ0n) is 17.7. The van der Waals surface area contributed by atoms with Crippen LogP contribution in [-0.2, 0) is 19.5 Å². The number of nitrogens with zero attached hydrogens (tertiary/aromatic N) is 1. The van der Waals surface area contributed by atoms with Gasteiger partial charge in [-0.3, -0.25) is 0 Å². The summed E-state index contributed by atoms with van der Waals surface area (Å²) < 4.78 is 10.2. The van der Waals surface area contributed by atoms with E-state index in [4.69, 9.17) is 21.7 Å². The van der Waals surface area contributed by atoms with Crippen molar-refractivity contribution in [3.63, 3.8) is 0 Å². The quantitative estimate of drug-likeness (QED) is 0.426. The van der Waals surface area contributed by atoms with Gasteiger partial charge in [0.25, 0.3) is 0 Å². The highest BCUT2D eigenvalue weighted by Crippen LogP contribution is 2.30. The number of para-hydroxylation sites is 3. The molecule has 2 aliphatic heterocycles. The van der Waals surface area contributed by atoms with Crippen LogP contribution < -0.4 is 14.8 Å². The first-order valence-corrected chi connectivity index (χ1v) is 11.2. The third kappa shape index (κ3) is 4.41. The van der Waals surface area contributed by atoms with E-state index in [1.807, 2.05) is 30.3 Å². The van der Waals surface area contributed by atoms with Crippen molar-refractivity contribution >= 4 is 28.2 Å². The molecule has 1 aromatic heterocycles. The molecule has 32 heavy (non-hydrogen) atoms. The summed E-state index contributed by atoms with van der Waals surface area (Å²) in [7, 11) is 0. The largest absolute Gasteiger partial charge is 0.454 e. The Bertz CT molecular complexity index is 1200. The maximum atomic E-state index is 5.58. The van der Waals surface area contributed by atoms with Crippen molar-refractivity contribution in [3.05, 3.63) is 95.7 Å². The minimum atomic E-state index is 0.360. The summed E-state index contributed by atoms with van der Waals surface area (Å²) in [6, 6.07) is 26.5. The van der Waals surface area contributed by atoms with Crippen LogP contribution in [0.25, 0.3) is 10.9 Å². The van der Waals surface area contributed by atoms with Crippen LogP contribution in [0.5, 0.6) is 11.5 Å². The highest BCUT2D eigenvalue weighted by Gasteiger charge is 2.21. The molecule has 2 N–H and O–H groups in total. The summed E-state index contributed by atoms with van der Waals surface area (Å²) in [4.78, 5) is 5.79. The van der Waals surface area contributed by atoms with Crippen LogP contribution in [0.3, 0.4) is 0 Å². The fourth-order valence-corrected chi connectivity index (χ4v) is 4.32. The zero-order valence-corrected chi connectivity index (χ0v) is 18.5. The van der Waals surface area contributed by atoms with Crippen LogP contribution in [0.15, 0.2) is 78.9 Å². The van der Waals surface area contributed by atoms with Gasteiger partial charge in [-0.1, -0.05) is 60.7 Å². The molecule has 162 valence electrons. The van der Waals surface area contributed by atoms with E-state index in [0.717, 1.165) is 42.7 Å². The second-order valence-corrected chi connectivity index (χ2v) is 8.18. The Balaban J connectivity index is 0.000000199. The highest BCUT2D eigenvalue weighted by molar-refractivity contribution is 7.80. The molecule has 5 nitrogen and oxygen atoms in total. The smallest absolute Gasteiger partial charge is 0.231 e. The van der Waals surface area contributed by atoms with Crippen LogP contribution >= 0.6 is 12.2 Å². The number of hydrogen-bond acceptors (Lipinski definition) is 3. The standard InChI is InChI=1S/C19H19N3S.C7H6O2/c23-19(20-12-14-6-2-1-3-7-14)22-11-10-16-15-8-4-5-9-17(15)21-18(16)13-22;1-2-4-7-6(3-1)8-5-9-7/h1-9,21H,10-13H2,(H,20,23);1-4H,5H2. The lowest BCUT2D eigenvalue weighted by Crippen LogP contribution is -2.42. The van der Waals surface area contributed by atoms with Crippen molar-refractivity contribution in [2.75, 3.05) is 13.3 Å². The third-order valence-electron chi connectivity index (χ3n) is 5.73. The number of aromatic amines is 1. The molecule has 0 unspecified atom stereocenters. The Morgan fingerprint density at radius 3 is 2.38 bits per heavy atom. The number of fused-ring (bicyclic) bond motifs is 4. The van der Waals surface area contributed by atoms with Crippen molar-refractivity contribution in [2.24, 2.45) is 0 Å². The number of ether oxygens (including phenoxy) is 2. The van der Waals surface area contributed by atoms with E-state index in [-0.39, 0.29) is 0 Å². The number of hydrogen-bond donors (Lipinski definition) is 2. The summed E-state index contributed by atoms with van der Waals surface area (Å²) in [5.41, 5.74) is 5.21. The zero-order chi connectivity index (χ0) is 21.8. The lowest BCUT2D eigenvalue weighted by Gasteiger charge is -2.29. The maximum absolute atomic E-state index is 5.58. The first-order chi connectivity index (χ1) is 15.8. The van der Waals surface area contributed by atoms with Gasteiger partial charge in [0.05, 0.1) is 6.54 Å². The van der Waals surface area contributed by atoms with E-state index in [9.17, 15) is 0 Å². The van der Waals surface area contributed by atoms with E-state index in [0.29, 0.717) is 6.79 Å². The molecule has 0 saturated heterocycles. The molecule has 3 aromatic carbocycles. The van der Waals surface area contributed by atoms with E-state index < -0.39 is 0 Å². The maximum Gasteiger partial charge on any atom is 0.231 e. The molecular weight excluding hydrogens is 418 g/mol. The fourth-order valence-electron chi connectivity index (χ4n) is 4.10. The lowest BCUT2D eigenvalue weighted by molar-refractivity contribution is 0.174. The van der Waals surface area contributed by atoms with Gasteiger partial charge in [-0.15, -0.1) is 0 Å². The van der Waals surface area contributed by atoms with Gasteiger partial charge in [-0.05, 0) is 48.0 Å². The average molecular weight is 444 g/mol. The van der Waals surface area contributed by atoms with Gasteiger partial charge in [0.2, 0.25) is 6.79 Å². The minimum Gasteiger partial charge on any atom is -0.454 e. The Morgan fingerprint density at radius 1 is 0.906 bits per heavy atom. The first kappa shape index (κ1) is 20.4. The summed E-state index contributed by atoms with van der Waals surface area (Å²) in [5.74, 6) is 1.69. The number of H-pyrrole nitrogens is 1. The molecule has 0 atom stereocenters. The van der Waals surface area contributed by atoms with Gasteiger partial charge in [0, 0.05) is 29.7 Å². The molecule has 6 rings (SSSR count). The van der Waals surface area contributed by atoms with E-state index >= 15 is 0 Å². The predicted octanol–water partition coefficient (Wildman–Crippen LogP) is 5.02. The number of benzene rings is 3. The van der Waals surface area contributed by atoms with Gasteiger partial charge in [-0.25, -0.2) is 0 Å². The molecule has 6 heteroatoms. The molecule has 2 aliphatic rings. The Morgan fingerprint density at radius 2 is 1.59 bits per heavy atom. The van der Waals surface area contributed by atoms with Crippen LogP contribution in [-0.4, -0.2) is 28.3 Å². The first-order valence-electron chi connectivity index (χ1n) is 10.8. The Hall–Kier alpha value is -3.51. The molecule has 0 spiro atoms. The molecule has 0 amide bonds. The molecule has 0 bridgehead atoms. The predicted molar refractivity (Wildman–Crippen MR) is 131 cm³/mol. The summed E-state index contributed by atoms with van der Waals surface area (Å²) >= 11 is 5.58. The average Bonchev–Trinajstić information content (AvgIpc) is 3.47. The SMILES string of the molecule is S=C(NCc1ccccc1)N1CCc2c([nH]c3ccccc23)C1.c1ccc2c(c1)OCO2. The van der Waals surface area contributed by atoms with Gasteiger partial charge in [0.1, 0.15) is 0 Å². The van der Waals surface area contributed by atoms with E-state index in [1.54, 1.807) is 0 Å². The van der Waals surface area contributed by atoms with Crippen molar-refractivity contribution in [3.8, 4) is 11.5 Å². The van der Waals surface area contributed by atoms with Gasteiger partial charge < -0.3 is 24.7 Å². The normalized spacial score (nSPS) is 13.8. The van der Waals surface area contributed by atoms with Gasteiger partial charge in [-0.2, -0.15) is 0 Å². The second-order valence-electron chi connectivity index (χ2n) is 7.80. The molecular formula is C26H25N3O2S. The third-order valence-corrected chi connectivity index (χ3v) is 6.14. The molecule has 0 radical (unpaired) electrons. The van der Waals surface area contributed by atoms with Crippen LogP contribution in [0.2, 0.25) is 0 Å². The van der Waals surface area contributed by atoms with E-state index in [2.05, 4.69) is 63.7 Å². The molecule has 3 heterocycles. The number of nitrogens with one attached hydrogen (secondary N) is 2. The highest BCUT2D eigenvalue weighted by atomic mass is 32.1. The number of thiocarbonyl (C=S) groups is 1. The van der Waals surface area contributed by atoms with Crippen LogP contribution in [0.4, 0.5) is 0 Å². The molecule has 0 fully saturated rings. The molecule has 4 aromatic rings. The number of aromatic nitrogens is 1. The van der Waals surface area contributed by atoms with E-state index in [1.165, 1.54) is 27.7 Å². The topological polar surface area (TPSA) is 49.5 Å². The van der Waals surface area contributed by atoms with Crippen molar-refractivity contribution in [1.82, 2.24) is 15.2 Å². The summed E-state index contributed by atoms with van der Waals surface area (Å²) in [6.07, 6.45) is 1.03. The van der Waals surface area contributed by atoms with Crippen LogP contribution in [0, 0.1) is 0 Å². The lowest BCUT2D eigenvalue weighted by atomic mass is 10.0. The van der Waals surface area contributed by atoms with Crippen molar-refractivity contribution in [2.45, 2.75) is 19.5 Å². The Kier molecular flexibility index (Phi) is 5.94. The monoisotopic (exact) mass is 443 g/mol.